The van der Waals surface area contributed by atoms with Gasteiger partial charge in [-0.25, -0.2) is 19.4 Å². The third-order valence-electron chi connectivity index (χ3n) is 6.99. The van der Waals surface area contributed by atoms with Gasteiger partial charge in [-0.2, -0.15) is 31.3 Å². The van der Waals surface area contributed by atoms with Gasteiger partial charge >= 0.3 is 30.4 Å². The van der Waals surface area contributed by atoms with E-state index in [1.165, 1.54) is 16.7 Å². The summed E-state index contributed by atoms with van der Waals surface area (Å²) in [5.41, 5.74) is 5.10. The number of aryl methyl sites for hydroxylation is 2. The van der Waals surface area contributed by atoms with Crippen LogP contribution in [0.5, 0.6) is 0 Å². The summed E-state index contributed by atoms with van der Waals surface area (Å²) in [5.74, 6) is -4.47. The zero-order chi connectivity index (χ0) is 38.1. The molecule has 3 aromatic rings. The lowest BCUT2D eigenvalue weighted by atomic mass is 9.98. The van der Waals surface area contributed by atoms with Crippen molar-refractivity contribution in [3.05, 3.63) is 70.4 Å². The number of anilines is 4. The fourth-order valence-corrected chi connectivity index (χ4v) is 4.79. The number of carboxylic acid groups (broad SMARTS) is 2. The molecule has 0 saturated carbocycles. The van der Waals surface area contributed by atoms with Crippen LogP contribution in [-0.2, 0) is 33.7 Å². The van der Waals surface area contributed by atoms with E-state index in [1.807, 2.05) is 39.0 Å². The number of benzene rings is 2. The van der Waals surface area contributed by atoms with Gasteiger partial charge in [0.25, 0.3) is 0 Å². The molecule has 0 radical (unpaired) electrons. The number of fused-ring (bicyclic) bond motifs is 6. The van der Waals surface area contributed by atoms with Crippen molar-refractivity contribution >= 4 is 52.8 Å². The number of hydrogen-bond donors (Lipinski definition) is 5. The van der Waals surface area contributed by atoms with E-state index in [4.69, 9.17) is 36.1 Å². The molecule has 278 valence electrons. The summed E-state index contributed by atoms with van der Waals surface area (Å²) in [6.07, 6.45) is -6.11. The Hall–Kier alpha value is -4.84. The normalized spacial score (nSPS) is 15.5. The van der Waals surface area contributed by atoms with Gasteiger partial charge in [-0.3, -0.25) is 0 Å². The Morgan fingerprint density at radius 3 is 2.20 bits per heavy atom. The third kappa shape index (κ3) is 13.4. The number of amides is 1. The highest BCUT2D eigenvalue weighted by Crippen LogP contribution is 2.28. The maximum Gasteiger partial charge on any atom is 0.490 e. The molecule has 2 aliphatic heterocycles. The first kappa shape index (κ1) is 40.6. The molecule has 3 heterocycles. The Bertz CT molecular complexity index is 1680. The SMILES string of the molecule is CC(C)(C)OC(=O)N1CC[C@@H](NCc2ccc3cc2CCc2cccc(c2)Nc2ncc(Cl)c(n2)N3)C1.O=C(O)C(F)(F)F.O=C(O)C(F)(F)F. The van der Waals surface area contributed by atoms with E-state index in [2.05, 4.69) is 50.2 Å². The van der Waals surface area contributed by atoms with E-state index in [0.29, 0.717) is 29.9 Å². The van der Waals surface area contributed by atoms with Crippen molar-refractivity contribution in [1.29, 1.82) is 0 Å². The predicted molar refractivity (Wildman–Crippen MR) is 174 cm³/mol. The zero-order valence-corrected chi connectivity index (χ0v) is 28.2. The van der Waals surface area contributed by atoms with Crippen molar-refractivity contribution in [2.45, 2.75) is 70.6 Å². The molecule has 19 heteroatoms. The van der Waals surface area contributed by atoms with Crippen LogP contribution in [-0.4, -0.2) is 80.2 Å². The summed E-state index contributed by atoms with van der Waals surface area (Å²) >= 11 is 6.39. The van der Waals surface area contributed by atoms with Crippen LogP contribution in [0.1, 0.15) is 43.9 Å². The molecule has 5 N–H and O–H groups in total. The van der Waals surface area contributed by atoms with Crippen molar-refractivity contribution in [1.82, 2.24) is 20.2 Å². The minimum Gasteiger partial charge on any atom is -0.475 e. The van der Waals surface area contributed by atoms with Gasteiger partial charge in [-0.05, 0) is 81.0 Å². The molecule has 12 nitrogen and oxygen atoms in total. The summed E-state index contributed by atoms with van der Waals surface area (Å²) in [5, 5.41) is 25.0. The van der Waals surface area contributed by atoms with Crippen LogP contribution in [0.15, 0.2) is 48.7 Å². The van der Waals surface area contributed by atoms with Gasteiger partial charge < -0.3 is 35.8 Å². The molecule has 0 aliphatic carbocycles. The van der Waals surface area contributed by atoms with E-state index >= 15 is 0 Å². The van der Waals surface area contributed by atoms with Crippen LogP contribution in [0.2, 0.25) is 5.02 Å². The van der Waals surface area contributed by atoms with Crippen molar-refractivity contribution in [3.63, 3.8) is 0 Å². The lowest BCUT2D eigenvalue weighted by Gasteiger charge is -2.24. The smallest absolute Gasteiger partial charge is 0.475 e. The number of carboxylic acids is 2. The lowest BCUT2D eigenvalue weighted by Crippen LogP contribution is -2.38. The van der Waals surface area contributed by atoms with E-state index in [9.17, 15) is 31.1 Å². The molecule has 2 aromatic carbocycles. The molecular formula is C32H35ClF6N6O6. The Labute approximate surface area is 293 Å². The number of nitrogens with zero attached hydrogens (tertiary/aromatic N) is 3. The first-order chi connectivity index (χ1) is 23.6. The van der Waals surface area contributed by atoms with Crippen LogP contribution < -0.4 is 16.0 Å². The minimum atomic E-state index is -5.08. The highest BCUT2D eigenvalue weighted by molar-refractivity contribution is 6.32. The molecule has 1 amide bonds. The molecule has 1 atom stereocenters. The first-order valence-electron chi connectivity index (χ1n) is 15.2. The summed E-state index contributed by atoms with van der Waals surface area (Å²) in [6.45, 7) is 7.76. The number of carbonyl (C=O) groups excluding carboxylic acids is 1. The van der Waals surface area contributed by atoms with Crippen molar-refractivity contribution in [3.8, 4) is 0 Å². The van der Waals surface area contributed by atoms with Crippen LogP contribution in [0.3, 0.4) is 0 Å². The number of nitrogens with one attached hydrogen (secondary N) is 3. The zero-order valence-electron chi connectivity index (χ0n) is 27.5. The van der Waals surface area contributed by atoms with Gasteiger partial charge in [0.2, 0.25) is 5.95 Å². The molecule has 1 fully saturated rings. The van der Waals surface area contributed by atoms with Gasteiger partial charge in [0.15, 0.2) is 5.82 Å². The second-order valence-corrected chi connectivity index (χ2v) is 12.6. The Morgan fingerprint density at radius 2 is 1.59 bits per heavy atom. The molecule has 6 bridgehead atoms. The maximum atomic E-state index is 12.4. The largest absolute Gasteiger partial charge is 0.490 e. The number of ether oxygens (including phenoxy) is 1. The fraction of sp³-hybridized carbons (Fsp3) is 0.406. The molecule has 0 spiro atoms. The molecule has 1 saturated heterocycles. The van der Waals surface area contributed by atoms with Gasteiger partial charge in [0.1, 0.15) is 10.6 Å². The van der Waals surface area contributed by atoms with Gasteiger partial charge in [0.05, 0.1) is 6.20 Å². The number of aromatic nitrogens is 2. The number of rotatable bonds is 3. The highest BCUT2D eigenvalue weighted by atomic mass is 35.5. The predicted octanol–water partition coefficient (Wildman–Crippen LogP) is 7.08. The number of carbonyl (C=O) groups is 3. The second-order valence-electron chi connectivity index (χ2n) is 12.2. The number of halogens is 7. The van der Waals surface area contributed by atoms with Crippen molar-refractivity contribution in [2.75, 3.05) is 23.7 Å². The second kappa shape index (κ2) is 16.9. The fourth-order valence-electron chi connectivity index (χ4n) is 4.65. The molecular weight excluding hydrogens is 714 g/mol. The molecule has 5 rings (SSSR count). The first-order valence-corrected chi connectivity index (χ1v) is 15.6. The Kier molecular flexibility index (Phi) is 13.5. The highest BCUT2D eigenvalue weighted by Gasteiger charge is 2.39. The Morgan fingerprint density at radius 1 is 0.961 bits per heavy atom. The van der Waals surface area contributed by atoms with E-state index < -0.39 is 29.9 Å². The molecule has 0 unspecified atom stereocenters. The molecule has 51 heavy (non-hydrogen) atoms. The summed E-state index contributed by atoms with van der Waals surface area (Å²) in [6, 6.07) is 14.9. The average molecular weight is 749 g/mol. The molecule has 1 aromatic heterocycles. The standard InChI is InChI=1S/C28H33ClN6O2.2C2HF3O2/c1-28(2,3)37-27(36)35-12-11-23(17-35)30-15-20-9-10-22-14-19(20)8-7-18-5-4-6-21(13-18)33-26-31-16-24(29)25(32-22)34-26;2*3-2(4,5)1(6)7/h4-6,9-10,13-14,16,23,30H,7-8,11-12,15,17H2,1-3H3,(H2,31,32,33,34);2*(H,6,7)/t23-;;/m1../s1. The third-order valence-corrected chi connectivity index (χ3v) is 7.26. The summed E-state index contributed by atoms with van der Waals surface area (Å²) in [7, 11) is 0. The van der Waals surface area contributed by atoms with E-state index in [1.54, 1.807) is 11.1 Å². The molecule has 2 aliphatic rings. The van der Waals surface area contributed by atoms with Gasteiger partial charge in [-0.1, -0.05) is 29.8 Å². The quantitative estimate of drug-likeness (QED) is 0.174. The van der Waals surface area contributed by atoms with Crippen LogP contribution >= 0.6 is 11.6 Å². The van der Waals surface area contributed by atoms with Crippen LogP contribution in [0.4, 0.5) is 54.3 Å². The van der Waals surface area contributed by atoms with Crippen molar-refractivity contribution < 1.29 is 55.7 Å². The number of likely N-dealkylation sites (tertiary alicyclic amines) is 1. The number of hydrogen-bond acceptors (Lipinski definition) is 9. The van der Waals surface area contributed by atoms with Gasteiger partial charge in [0, 0.05) is 37.1 Å². The maximum absolute atomic E-state index is 12.4. The monoisotopic (exact) mass is 748 g/mol. The van der Waals surface area contributed by atoms with Crippen LogP contribution in [0.25, 0.3) is 0 Å². The summed E-state index contributed by atoms with van der Waals surface area (Å²) < 4.78 is 69.0. The lowest BCUT2D eigenvalue weighted by molar-refractivity contribution is -0.193. The number of alkyl halides is 6. The average Bonchev–Trinajstić information content (AvgIpc) is 3.49. The minimum absolute atomic E-state index is 0.230. The van der Waals surface area contributed by atoms with E-state index in [0.717, 1.165) is 37.2 Å². The van der Waals surface area contributed by atoms with Crippen LogP contribution in [0, 0.1) is 0 Å². The summed E-state index contributed by atoms with van der Waals surface area (Å²) in [4.78, 5) is 40.9. The van der Waals surface area contributed by atoms with Crippen molar-refractivity contribution in [2.24, 2.45) is 0 Å². The van der Waals surface area contributed by atoms with E-state index in [-0.39, 0.29) is 12.1 Å². The number of aliphatic carboxylic acids is 2. The van der Waals surface area contributed by atoms with Gasteiger partial charge in [-0.15, -0.1) is 0 Å². The topological polar surface area (TPSA) is 166 Å². The Balaban J connectivity index is 0.000000424.